The number of nitriles is 2. The van der Waals surface area contributed by atoms with Gasteiger partial charge < -0.3 is 0 Å². The molecule has 2 heterocycles. The van der Waals surface area contributed by atoms with Crippen LogP contribution in [-0.2, 0) is 0 Å². The third-order valence-electron chi connectivity index (χ3n) is 7.94. The first-order valence-electron chi connectivity index (χ1n) is 13.6. The average molecular weight is 569 g/mol. The van der Waals surface area contributed by atoms with Crippen molar-refractivity contribution in [2.24, 2.45) is 0 Å². The van der Waals surface area contributed by atoms with Crippen LogP contribution >= 0.6 is 22.7 Å². The van der Waals surface area contributed by atoms with Crippen LogP contribution in [-0.4, -0.2) is 0 Å². The van der Waals surface area contributed by atoms with Crippen molar-refractivity contribution in [2.75, 3.05) is 0 Å². The van der Waals surface area contributed by atoms with Crippen LogP contribution in [0.15, 0.2) is 121 Å². The Balaban J connectivity index is 1.36. The largest absolute Gasteiger partial charge is 0.192 e. The van der Waals surface area contributed by atoms with Crippen LogP contribution in [0.2, 0.25) is 0 Å². The Morgan fingerprint density at radius 2 is 1.02 bits per heavy atom. The van der Waals surface area contributed by atoms with Gasteiger partial charge in [-0.3, -0.25) is 0 Å². The molecule has 0 fully saturated rings. The van der Waals surface area contributed by atoms with E-state index < -0.39 is 0 Å². The lowest BCUT2D eigenvalue weighted by molar-refractivity contribution is 1.48. The number of nitrogens with zero attached hydrogens (tertiary/aromatic N) is 2. The summed E-state index contributed by atoms with van der Waals surface area (Å²) in [5, 5.41) is 24.2. The molecule has 0 amide bonds. The summed E-state index contributed by atoms with van der Waals surface area (Å²) in [7, 11) is 0. The molecular formula is C38H20N2S2. The fourth-order valence-corrected chi connectivity index (χ4v) is 8.09. The van der Waals surface area contributed by atoms with Crippen molar-refractivity contribution < 1.29 is 0 Å². The highest BCUT2D eigenvalue weighted by atomic mass is 32.1. The lowest BCUT2D eigenvalue weighted by Crippen LogP contribution is -1.88. The van der Waals surface area contributed by atoms with E-state index in [2.05, 4.69) is 91.0 Å². The van der Waals surface area contributed by atoms with Crippen LogP contribution < -0.4 is 0 Å². The molecule has 8 aromatic rings. The zero-order valence-corrected chi connectivity index (χ0v) is 23.9. The van der Waals surface area contributed by atoms with Gasteiger partial charge in [0.1, 0.15) is 0 Å². The first-order valence-corrected chi connectivity index (χ1v) is 15.2. The second-order valence-corrected chi connectivity index (χ2v) is 12.6. The van der Waals surface area contributed by atoms with Crippen molar-refractivity contribution >= 4 is 63.0 Å². The van der Waals surface area contributed by atoms with Crippen molar-refractivity contribution in [2.45, 2.75) is 0 Å². The van der Waals surface area contributed by atoms with Gasteiger partial charge in [-0.05, 0) is 100 Å². The fourth-order valence-electron chi connectivity index (χ4n) is 5.88. The second-order valence-electron chi connectivity index (χ2n) is 10.4. The quantitative estimate of drug-likeness (QED) is 0.213. The van der Waals surface area contributed by atoms with E-state index in [1.807, 2.05) is 53.8 Å². The van der Waals surface area contributed by atoms with Gasteiger partial charge in [-0.25, -0.2) is 0 Å². The molecule has 2 nitrogen and oxygen atoms in total. The molecule has 0 unspecified atom stereocenters. The molecule has 6 aromatic carbocycles. The van der Waals surface area contributed by atoms with Gasteiger partial charge in [0.25, 0.3) is 0 Å². The monoisotopic (exact) mass is 568 g/mol. The smallest absolute Gasteiger partial charge is 0.0998 e. The summed E-state index contributed by atoms with van der Waals surface area (Å²) in [6.07, 6.45) is 0. The van der Waals surface area contributed by atoms with Gasteiger partial charge in [0.05, 0.1) is 23.3 Å². The van der Waals surface area contributed by atoms with Gasteiger partial charge >= 0.3 is 0 Å². The Labute approximate surface area is 250 Å². The Morgan fingerprint density at radius 1 is 0.405 bits per heavy atom. The molecule has 0 bridgehead atoms. The first-order chi connectivity index (χ1) is 20.7. The highest BCUT2D eigenvalue weighted by molar-refractivity contribution is 7.26. The molecule has 0 aliphatic carbocycles. The topological polar surface area (TPSA) is 47.6 Å². The van der Waals surface area contributed by atoms with Crippen LogP contribution in [0.5, 0.6) is 0 Å². The maximum atomic E-state index is 9.91. The number of benzene rings is 6. The van der Waals surface area contributed by atoms with E-state index >= 15 is 0 Å². The molecule has 0 atom stereocenters. The minimum absolute atomic E-state index is 0.656. The molecule has 2 aromatic heterocycles. The fraction of sp³-hybridized carbons (Fsp3) is 0. The van der Waals surface area contributed by atoms with E-state index in [0.717, 1.165) is 44.2 Å². The number of hydrogen-bond donors (Lipinski definition) is 0. The van der Waals surface area contributed by atoms with E-state index in [9.17, 15) is 10.5 Å². The lowest BCUT2D eigenvalue weighted by atomic mass is 9.91. The Bertz CT molecular complexity index is 2450. The highest BCUT2D eigenvalue weighted by Crippen LogP contribution is 2.41. The molecule has 0 N–H and O–H groups in total. The van der Waals surface area contributed by atoms with Gasteiger partial charge in [0.2, 0.25) is 0 Å². The van der Waals surface area contributed by atoms with Crippen LogP contribution in [0.25, 0.3) is 73.7 Å². The summed E-state index contributed by atoms with van der Waals surface area (Å²) in [6, 6.07) is 46.9. The molecule has 194 valence electrons. The minimum Gasteiger partial charge on any atom is -0.192 e. The SMILES string of the molecule is N#Cc1ccc2sc3ccc(-c4cc(-c5ccc6c(c5)sc5ccccc56)cc(-c5ccccc5C#N)c4)cc3c2c1. The number of thiophene rings is 2. The van der Waals surface area contributed by atoms with E-state index in [4.69, 9.17) is 0 Å². The summed E-state index contributed by atoms with van der Waals surface area (Å²) in [5.41, 5.74) is 7.70. The number of hydrogen-bond acceptors (Lipinski definition) is 4. The molecular weight excluding hydrogens is 549 g/mol. The van der Waals surface area contributed by atoms with Gasteiger partial charge in [-0.2, -0.15) is 10.5 Å². The molecule has 0 aliphatic heterocycles. The van der Waals surface area contributed by atoms with Crippen LogP contribution in [0.1, 0.15) is 11.1 Å². The summed E-state index contributed by atoms with van der Waals surface area (Å²) in [5.74, 6) is 0. The Hall–Kier alpha value is -5.26. The highest BCUT2D eigenvalue weighted by Gasteiger charge is 2.14. The summed E-state index contributed by atoms with van der Waals surface area (Å²) in [6.45, 7) is 0. The van der Waals surface area contributed by atoms with E-state index in [0.29, 0.717) is 11.1 Å². The molecule has 0 saturated heterocycles. The minimum atomic E-state index is 0.656. The maximum absolute atomic E-state index is 9.91. The second kappa shape index (κ2) is 9.68. The van der Waals surface area contributed by atoms with Crippen LogP contribution in [0.4, 0.5) is 0 Å². The van der Waals surface area contributed by atoms with Gasteiger partial charge in [0.15, 0.2) is 0 Å². The van der Waals surface area contributed by atoms with Gasteiger partial charge in [-0.1, -0.05) is 54.6 Å². The van der Waals surface area contributed by atoms with E-state index in [-0.39, 0.29) is 0 Å². The first kappa shape index (κ1) is 24.5. The summed E-state index contributed by atoms with van der Waals surface area (Å²) >= 11 is 3.57. The normalized spacial score (nSPS) is 11.3. The van der Waals surface area contributed by atoms with Crippen molar-refractivity contribution in [3.63, 3.8) is 0 Å². The zero-order chi connectivity index (χ0) is 28.2. The summed E-state index contributed by atoms with van der Waals surface area (Å²) in [4.78, 5) is 0. The lowest BCUT2D eigenvalue weighted by Gasteiger charge is -2.13. The number of rotatable bonds is 3. The third kappa shape index (κ3) is 3.98. The van der Waals surface area contributed by atoms with Crippen molar-refractivity contribution in [1.29, 1.82) is 10.5 Å². The van der Waals surface area contributed by atoms with E-state index in [1.54, 1.807) is 11.3 Å². The molecule has 8 rings (SSSR count). The maximum Gasteiger partial charge on any atom is 0.0998 e. The predicted octanol–water partition coefficient (Wildman–Crippen LogP) is 11.2. The zero-order valence-electron chi connectivity index (χ0n) is 22.3. The van der Waals surface area contributed by atoms with Crippen molar-refractivity contribution in [1.82, 2.24) is 0 Å². The van der Waals surface area contributed by atoms with Crippen molar-refractivity contribution in [3.8, 4) is 45.5 Å². The summed E-state index contributed by atoms with van der Waals surface area (Å²) < 4.78 is 4.93. The molecule has 0 radical (unpaired) electrons. The Kier molecular flexibility index (Phi) is 5.66. The van der Waals surface area contributed by atoms with E-state index in [1.165, 1.54) is 29.6 Å². The molecule has 0 spiro atoms. The van der Waals surface area contributed by atoms with Gasteiger partial charge in [-0.15, -0.1) is 22.7 Å². The average Bonchev–Trinajstić information content (AvgIpc) is 3.61. The van der Waals surface area contributed by atoms with Crippen LogP contribution in [0.3, 0.4) is 0 Å². The molecule has 0 aliphatic rings. The van der Waals surface area contributed by atoms with Crippen molar-refractivity contribution in [3.05, 3.63) is 132 Å². The predicted molar refractivity (Wildman–Crippen MR) is 178 cm³/mol. The van der Waals surface area contributed by atoms with Gasteiger partial charge in [0, 0.05) is 40.3 Å². The van der Waals surface area contributed by atoms with Crippen LogP contribution in [0, 0.1) is 22.7 Å². The molecule has 42 heavy (non-hydrogen) atoms. The number of fused-ring (bicyclic) bond motifs is 6. The standard InChI is InChI=1S/C38H20N2S2/c39-21-23-9-13-36-33(15-23)34-19-24(11-14-37(34)41-36)27-16-28(18-29(17-27)30-6-2-1-5-26(30)22-40)25-10-12-32-31-7-3-4-8-35(31)42-38(32)20-25/h1-20H. The molecule has 4 heteroatoms. The molecule has 0 saturated carbocycles. The third-order valence-corrected chi connectivity index (χ3v) is 10.2. The Morgan fingerprint density at radius 3 is 1.86 bits per heavy atom.